The second-order valence-electron chi connectivity index (χ2n) is 4.65. The van der Waals surface area contributed by atoms with Gasteiger partial charge in [0.25, 0.3) is 0 Å². The highest BCUT2D eigenvalue weighted by Crippen LogP contribution is 2.33. The van der Waals surface area contributed by atoms with E-state index in [9.17, 15) is 4.79 Å². The van der Waals surface area contributed by atoms with Crippen molar-refractivity contribution in [2.75, 3.05) is 17.2 Å². The fourth-order valence-corrected chi connectivity index (χ4v) is 2.61. The number of carboxylic acid groups (broad SMARTS) is 1. The van der Waals surface area contributed by atoms with Crippen LogP contribution in [-0.2, 0) is 4.79 Å². The third-order valence-electron chi connectivity index (χ3n) is 3.12. The molecule has 7 nitrogen and oxygen atoms in total. The van der Waals surface area contributed by atoms with E-state index in [-0.39, 0.29) is 6.54 Å². The molecule has 116 valence electrons. The lowest BCUT2D eigenvalue weighted by atomic mass is 10.2. The summed E-state index contributed by atoms with van der Waals surface area (Å²) >= 11 is 3.42. The summed E-state index contributed by atoms with van der Waals surface area (Å²) in [7, 11) is 0. The lowest BCUT2D eigenvalue weighted by Gasteiger charge is -2.15. The minimum absolute atomic E-state index is 0.191. The normalized spacial score (nSPS) is 10.5. The van der Waals surface area contributed by atoms with Crippen molar-refractivity contribution in [3.05, 3.63) is 47.5 Å². The highest BCUT2D eigenvalue weighted by molar-refractivity contribution is 9.10. The number of pyridine rings is 1. The molecule has 3 rings (SSSR count). The number of aromatic nitrogens is 3. The summed E-state index contributed by atoms with van der Waals surface area (Å²) < 4.78 is 0.750. The number of nitrogens with zero attached hydrogens (tertiary/aromatic N) is 3. The topological polar surface area (TPSA) is 100 Å². The van der Waals surface area contributed by atoms with Gasteiger partial charge in [0.15, 0.2) is 0 Å². The SMILES string of the molecule is O=C(O)CNc1c(Br)cccc1Nc1ncnc2ccncc12. The van der Waals surface area contributed by atoms with Gasteiger partial charge >= 0.3 is 5.97 Å². The number of fused-ring (bicyclic) bond motifs is 1. The van der Waals surface area contributed by atoms with Crippen LogP contribution in [0.2, 0.25) is 0 Å². The van der Waals surface area contributed by atoms with Crippen LogP contribution in [-0.4, -0.2) is 32.6 Å². The number of carboxylic acids is 1. The third kappa shape index (κ3) is 3.37. The molecule has 0 saturated heterocycles. The quantitative estimate of drug-likeness (QED) is 0.631. The Morgan fingerprint density at radius 1 is 1.26 bits per heavy atom. The predicted octanol–water partition coefficient (Wildman–Crippen LogP) is 3.03. The van der Waals surface area contributed by atoms with Crippen molar-refractivity contribution in [3.63, 3.8) is 0 Å². The van der Waals surface area contributed by atoms with Crippen molar-refractivity contribution in [3.8, 4) is 0 Å². The average Bonchev–Trinajstić information content (AvgIpc) is 2.54. The Morgan fingerprint density at radius 3 is 2.96 bits per heavy atom. The number of nitrogens with one attached hydrogen (secondary N) is 2. The summed E-state index contributed by atoms with van der Waals surface area (Å²) in [4.78, 5) is 23.3. The van der Waals surface area contributed by atoms with E-state index < -0.39 is 5.97 Å². The first-order valence-electron chi connectivity index (χ1n) is 6.71. The molecule has 3 aromatic rings. The fourth-order valence-electron chi connectivity index (χ4n) is 2.10. The molecule has 0 aliphatic heterocycles. The van der Waals surface area contributed by atoms with E-state index >= 15 is 0 Å². The number of para-hydroxylation sites is 1. The number of halogens is 1. The van der Waals surface area contributed by atoms with Gasteiger partial charge in [-0.3, -0.25) is 9.78 Å². The van der Waals surface area contributed by atoms with Gasteiger partial charge in [-0.15, -0.1) is 0 Å². The first kappa shape index (κ1) is 15.2. The second kappa shape index (κ2) is 6.57. The van der Waals surface area contributed by atoms with Crippen LogP contribution in [0.5, 0.6) is 0 Å². The molecule has 0 aliphatic rings. The van der Waals surface area contributed by atoms with Crippen LogP contribution in [0.1, 0.15) is 0 Å². The molecule has 23 heavy (non-hydrogen) atoms. The first-order valence-corrected chi connectivity index (χ1v) is 7.50. The largest absolute Gasteiger partial charge is 0.480 e. The minimum atomic E-state index is -0.941. The number of aliphatic carboxylic acids is 1. The van der Waals surface area contributed by atoms with E-state index in [1.165, 1.54) is 6.33 Å². The average molecular weight is 374 g/mol. The Hall–Kier alpha value is -2.74. The maximum absolute atomic E-state index is 10.8. The van der Waals surface area contributed by atoms with Gasteiger partial charge in [0.2, 0.25) is 0 Å². The van der Waals surface area contributed by atoms with Gasteiger partial charge in [-0.25, -0.2) is 9.97 Å². The zero-order valence-electron chi connectivity index (χ0n) is 11.8. The van der Waals surface area contributed by atoms with E-state index in [1.807, 2.05) is 18.2 Å². The molecule has 0 atom stereocenters. The molecule has 0 fully saturated rings. The lowest BCUT2D eigenvalue weighted by Crippen LogP contribution is -2.13. The zero-order valence-corrected chi connectivity index (χ0v) is 13.4. The number of anilines is 3. The minimum Gasteiger partial charge on any atom is -0.480 e. The molecule has 2 aromatic heterocycles. The van der Waals surface area contributed by atoms with Crippen molar-refractivity contribution in [1.29, 1.82) is 0 Å². The predicted molar refractivity (Wildman–Crippen MR) is 90.9 cm³/mol. The Labute approximate surface area is 139 Å². The molecule has 0 radical (unpaired) electrons. The molecule has 0 bridgehead atoms. The molecule has 8 heteroatoms. The molecule has 0 amide bonds. The summed E-state index contributed by atoms with van der Waals surface area (Å²) in [5.41, 5.74) is 2.11. The summed E-state index contributed by atoms with van der Waals surface area (Å²) in [5.74, 6) is -0.344. The number of hydrogen-bond acceptors (Lipinski definition) is 6. The van der Waals surface area contributed by atoms with Crippen molar-refractivity contribution in [2.45, 2.75) is 0 Å². The highest BCUT2D eigenvalue weighted by Gasteiger charge is 2.10. The number of carbonyl (C=O) groups is 1. The highest BCUT2D eigenvalue weighted by atomic mass is 79.9. The number of rotatable bonds is 5. The molecule has 0 aliphatic carbocycles. The molecule has 1 aromatic carbocycles. The first-order chi connectivity index (χ1) is 11.1. The van der Waals surface area contributed by atoms with Gasteiger partial charge in [0.05, 0.1) is 22.3 Å². The molecule has 0 spiro atoms. The summed E-state index contributed by atoms with van der Waals surface area (Å²) in [6.07, 6.45) is 4.81. The Morgan fingerprint density at radius 2 is 2.13 bits per heavy atom. The maximum atomic E-state index is 10.8. The summed E-state index contributed by atoms with van der Waals surface area (Å²) in [5, 5.41) is 15.7. The maximum Gasteiger partial charge on any atom is 0.322 e. The van der Waals surface area contributed by atoms with E-state index in [0.29, 0.717) is 17.2 Å². The zero-order chi connectivity index (χ0) is 16.2. The molecule has 0 unspecified atom stereocenters. The molecular formula is C15H12BrN5O2. The van der Waals surface area contributed by atoms with Gasteiger partial charge < -0.3 is 15.7 Å². The Balaban J connectivity index is 1.99. The van der Waals surface area contributed by atoms with Crippen LogP contribution in [0.3, 0.4) is 0 Å². The van der Waals surface area contributed by atoms with Crippen LogP contribution in [0.25, 0.3) is 10.9 Å². The Bertz CT molecular complexity index is 866. The van der Waals surface area contributed by atoms with Crippen LogP contribution in [0.15, 0.2) is 47.5 Å². The van der Waals surface area contributed by atoms with E-state index in [2.05, 4.69) is 41.5 Å². The van der Waals surface area contributed by atoms with Crippen LogP contribution >= 0.6 is 15.9 Å². The number of benzene rings is 1. The van der Waals surface area contributed by atoms with Gasteiger partial charge in [0.1, 0.15) is 18.7 Å². The van der Waals surface area contributed by atoms with Crippen LogP contribution in [0, 0.1) is 0 Å². The van der Waals surface area contributed by atoms with Crippen molar-refractivity contribution < 1.29 is 9.90 Å². The van der Waals surface area contributed by atoms with E-state index in [0.717, 1.165) is 15.4 Å². The van der Waals surface area contributed by atoms with Crippen LogP contribution in [0.4, 0.5) is 17.2 Å². The van der Waals surface area contributed by atoms with Crippen molar-refractivity contribution >= 4 is 50.0 Å². The van der Waals surface area contributed by atoms with Gasteiger partial charge in [-0.05, 0) is 34.1 Å². The third-order valence-corrected chi connectivity index (χ3v) is 3.78. The summed E-state index contributed by atoms with van der Waals surface area (Å²) in [6, 6.07) is 7.31. The lowest BCUT2D eigenvalue weighted by molar-refractivity contribution is -0.134. The summed E-state index contributed by atoms with van der Waals surface area (Å²) in [6.45, 7) is -0.191. The van der Waals surface area contributed by atoms with Crippen molar-refractivity contribution in [1.82, 2.24) is 15.0 Å². The van der Waals surface area contributed by atoms with E-state index in [4.69, 9.17) is 5.11 Å². The number of hydrogen-bond donors (Lipinski definition) is 3. The smallest absolute Gasteiger partial charge is 0.322 e. The monoisotopic (exact) mass is 373 g/mol. The standard InChI is InChI=1S/C15H12BrN5O2/c16-10-2-1-3-12(14(10)18-7-13(22)23)21-15-9-6-17-5-4-11(9)19-8-20-15/h1-6,8,18H,7H2,(H,22,23)(H,19,20,21). The fraction of sp³-hybridized carbons (Fsp3) is 0.0667. The van der Waals surface area contributed by atoms with Gasteiger partial charge in [-0.2, -0.15) is 0 Å². The van der Waals surface area contributed by atoms with Crippen molar-refractivity contribution in [2.24, 2.45) is 0 Å². The van der Waals surface area contributed by atoms with Gasteiger partial charge in [-0.1, -0.05) is 6.07 Å². The molecule has 3 N–H and O–H groups in total. The molecular weight excluding hydrogens is 362 g/mol. The van der Waals surface area contributed by atoms with Gasteiger partial charge in [0, 0.05) is 16.9 Å². The van der Waals surface area contributed by atoms with E-state index in [1.54, 1.807) is 18.5 Å². The second-order valence-corrected chi connectivity index (χ2v) is 5.50. The molecule has 0 saturated carbocycles. The molecule has 2 heterocycles. The van der Waals surface area contributed by atoms with Crippen LogP contribution < -0.4 is 10.6 Å². The Kier molecular flexibility index (Phi) is 4.33.